The lowest BCUT2D eigenvalue weighted by atomic mass is 10.4. The van der Waals surface area contributed by atoms with Crippen molar-refractivity contribution in [2.45, 2.75) is 13.8 Å². The van der Waals surface area contributed by atoms with E-state index < -0.39 is 0 Å². The Balaban J connectivity index is 3.21. The SMILES string of the molecule is CNc1nc(C)c(Br)nc1C. The van der Waals surface area contributed by atoms with Crippen LogP contribution >= 0.6 is 15.9 Å². The van der Waals surface area contributed by atoms with E-state index in [0.29, 0.717) is 0 Å². The van der Waals surface area contributed by atoms with Gasteiger partial charge in [-0.3, -0.25) is 0 Å². The summed E-state index contributed by atoms with van der Waals surface area (Å²) in [5, 5.41) is 2.97. The Morgan fingerprint density at radius 2 is 1.82 bits per heavy atom. The molecule has 0 atom stereocenters. The summed E-state index contributed by atoms with van der Waals surface area (Å²) in [7, 11) is 1.84. The molecule has 60 valence electrons. The summed E-state index contributed by atoms with van der Waals surface area (Å²) in [6.07, 6.45) is 0. The Kier molecular flexibility index (Phi) is 2.44. The molecule has 0 saturated carbocycles. The molecule has 0 aromatic carbocycles. The van der Waals surface area contributed by atoms with Gasteiger partial charge in [-0.25, -0.2) is 9.97 Å². The predicted molar refractivity (Wildman–Crippen MR) is 48.8 cm³/mol. The van der Waals surface area contributed by atoms with Gasteiger partial charge in [0, 0.05) is 7.05 Å². The van der Waals surface area contributed by atoms with Crippen LogP contribution < -0.4 is 5.32 Å². The van der Waals surface area contributed by atoms with E-state index in [2.05, 4.69) is 31.2 Å². The number of halogens is 1. The van der Waals surface area contributed by atoms with E-state index in [1.807, 2.05) is 20.9 Å². The zero-order valence-electron chi connectivity index (χ0n) is 6.77. The van der Waals surface area contributed by atoms with Crippen LogP contribution in [0.3, 0.4) is 0 Å². The molecule has 1 rings (SSSR count). The number of hydrogen-bond donors (Lipinski definition) is 1. The number of nitrogens with zero attached hydrogens (tertiary/aromatic N) is 2. The Labute approximate surface area is 74.4 Å². The maximum Gasteiger partial charge on any atom is 0.147 e. The average molecular weight is 216 g/mol. The Hall–Kier alpha value is -0.640. The highest BCUT2D eigenvalue weighted by molar-refractivity contribution is 9.10. The van der Waals surface area contributed by atoms with Crippen molar-refractivity contribution in [2.75, 3.05) is 12.4 Å². The Bertz CT molecular complexity index is 273. The fraction of sp³-hybridized carbons (Fsp3) is 0.429. The van der Waals surface area contributed by atoms with E-state index in [-0.39, 0.29) is 0 Å². The van der Waals surface area contributed by atoms with Crippen LogP contribution in [0.25, 0.3) is 0 Å². The summed E-state index contributed by atoms with van der Waals surface area (Å²) >= 11 is 3.31. The van der Waals surface area contributed by atoms with Gasteiger partial charge < -0.3 is 5.32 Å². The van der Waals surface area contributed by atoms with E-state index in [4.69, 9.17) is 0 Å². The van der Waals surface area contributed by atoms with Gasteiger partial charge in [0.05, 0.1) is 11.4 Å². The van der Waals surface area contributed by atoms with Crippen LogP contribution in [-0.2, 0) is 0 Å². The molecule has 4 heteroatoms. The normalized spacial score (nSPS) is 9.82. The van der Waals surface area contributed by atoms with Gasteiger partial charge in [-0.1, -0.05) is 0 Å². The molecule has 0 amide bonds. The quantitative estimate of drug-likeness (QED) is 0.778. The highest BCUT2D eigenvalue weighted by Gasteiger charge is 2.02. The smallest absolute Gasteiger partial charge is 0.147 e. The highest BCUT2D eigenvalue weighted by Crippen LogP contribution is 2.15. The van der Waals surface area contributed by atoms with E-state index >= 15 is 0 Å². The molecule has 0 bridgehead atoms. The second-order valence-electron chi connectivity index (χ2n) is 2.28. The number of hydrogen-bond acceptors (Lipinski definition) is 3. The molecule has 0 radical (unpaired) electrons. The van der Waals surface area contributed by atoms with Crippen LogP contribution in [0, 0.1) is 13.8 Å². The Morgan fingerprint density at radius 1 is 1.18 bits per heavy atom. The van der Waals surface area contributed by atoms with Gasteiger partial charge in [0.2, 0.25) is 0 Å². The van der Waals surface area contributed by atoms with Crippen LogP contribution in [0.15, 0.2) is 4.60 Å². The third-order valence-electron chi connectivity index (χ3n) is 1.42. The van der Waals surface area contributed by atoms with Crippen molar-refractivity contribution < 1.29 is 0 Å². The first-order valence-corrected chi connectivity index (χ1v) is 4.13. The minimum atomic E-state index is 0.814. The van der Waals surface area contributed by atoms with Crippen LogP contribution in [0.4, 0.5) is 5.82 Å². The molecule has 1 aromatic rings. The molecule has 11 heavy (non-hydrogen) atoms. The molecule has 0 aliphatic carbocycles. The minimum absolute atomic E-state index is 0.814. The third kappa shape index (κ3) is 1.68. The first-order valence-electron chi connectivity index (χ1n) is 3.33. The van der Waals surface area contributed by atoms with E-state index in [9.17, 15) is 0 Å². The number of rotatable bonds is 1. The number of aromatic nitrogens is 2. The number of nitrogens with one attached hydrogen (secondary N) is 1. The van der Waals surface area contributed by atoms with E-state index in [1.165, 1.54) is 0 Å². The maximum absolute atomic E-state index is 4.27. The van der Waals surface area contributed by atoms with Crippen molar-refractivity contribution >= 4 is 21.7 Å². The third-order valence-corrected chi connectivity index (χ3v) is 2.17. The standard InChI is InChI=1S/C7H10BrN3/c1-4-6(8)10-5(2)7(9-3)11-4/h1-3H3,(H,9,11). The first-order chi connectivity index (χ1) is 5.15. The van der Waals surface area contributed by atoms with Gasteiger partial charge in [-0.05, 0) is 29.8 Å². The fourth-order valence-electron chi connectivity index (χ4n) is 0.813. The topological polar surface area (TPSA) is 37.8 Å². The molecule has 0 aliphatic rings. The van der Waals surface area contributed by atoms with Crippen molar-refractivity contribution in [1.29, 1.82) is 0 Å². The van der Waals surface area contributed by atoms with Gasteiger partial charge >= 0.3 is 0 Å². The van der Waals surface area contributed by atoms with Crippen molar-refractivity contribution in [3.05, 3.63) is 16.0 Å². The van der Waals surface area contributed by atoms with Crippen LogP contribution in [0.2, 0.25) is 0 Å². The van der Waals surface area contributed by atoms with Crippen molar-refractivity contribution in [2.24, 2.45) is 0 Å². The molecule has 1 N–H and O–H groups in total. The Morgan fingerprint density at radius 3 is 2.36 bits per heavy atom. The van der Waals surface area contributed by atoms with Crippen LogP contribution in [0.5, 0.6) is 0 Å². The summed E-state index contributed by atoms with van der Waals surface area (Å²) in [4.78, 5) is 8.51. The van der Waals surface area contributed by atoms with Crippen LogP contribution in [0.1, 0.15) is 11.4 Å². The van der Waals surface area contributed by atoms with Gasteiger partial charge in [0.15, 0.2) is 0 Å². The summed E-state index contributed by atoms with van der Waals surface area (Å²) < 4.78 is 0.814. The summed E-state index contributed by atoms with van der Waals surface area (Å²) in [6, 6.07) is 0. The van der Waals surface area contributed by atoms with Gasteiger partial charge in [0.1, 0.15) is 10.4 Å². The van der Waals surface area contributed by atoms with Crippen molar-refractivity contribution in [3.63, 3.8) is 0 Å². The summed E-state index contributed by atoms with van der Waals surface area (Å²) in [5.41, 5.74) is 1.81. The van der Waals surface area contributed by atoms with Crippen molar-refractivity contribution in [3.8, 4) is 0 Å². The van der Waals surface area contributed by atoms with Gasteiger partial charge in [-0.15, -0.1) is 0 Å². The molecule has 0 aliphatic heterocycles. The summed E-state index contributed by atoms with van der Waals surface area (Å²) in [6.45, 7) is 3.83. The fourth-order valence-corrected chi connectivity index (χ4v) is 1.17. The molecule has 1 aromatic heterocycles. The second-order valence-corrected chi connectivity index (χ2v) is 3.03. The lowest BCUT2D eigenvalue weighted by Crippen LogP contribution is -2.00. The van der Waals surface area contributed by atoms with Crippen molar-refractivity contribution in [1.82, 2.24) is 9.97 Å². The molecule has 0 saturated heterocycles. The molecular formula is C7H10BrN3. The second kappa shape index (κ2) is 3.17. The highest BCUT2D eigenvalue weighted by atomic mass is 79.9. The number of anilines is 1. The largest absolute Gasteiger partial charge is 0.372 e. The molecule has 0 fully saturated rings. The predicted octanol–water partition coefficient (Wildman–Crippen LogP) is 1.90. The summed E-state index contributed by atoms with van der Waals surface area (Å²) in [5.74, 6) is 0.839. The lowest BCUT2D eigenvalue weighted by Gasteiger charge is -2.04. The number of aryl methyl sites for hydroxylation is 2. The molecule has 0 unspecified atom stereocenters. The van der Waals surface area contributed by atoms with Gasteiger partial charge in [-0.2, -0.15) is 0 Å². The molecular weight excluding hydrogens is 206 g/mol. The lowest BCUT2D eigenvalue weighted by molar-refractivity contribution is 1.03. The van der Waals surface area contributed by atoms with E-state index in [0.717, 1.165) is 21.8 Å². The van der Waals surface area contributed by atoms with Crippen LogP contribution in [-0.4, -0.2) is 17.0 Å². The zero-order chi connectivity index (χ0) is 8.43. The van der Waals surface area contributed by atoms with E-state index in [1.54, 1.807) is 0 Å². The molecule has 0 spiro atoms. The minimum Gasteiger partial charge on any atom is -0.372 e. The molecule has 1 heterocycles. The zero-order valence-corrected chi connectivity index (χ0v) is 8.36. The average Bonchev–Trinajstić information content (AvgIpc) is 1.97. The maximum atomic E-state index is 4.27. The monoisotopic (exact) mass is 215 g/mol. The molecule has 3 nitrogen and oxygen atoms in total. The first kappa shape index (κ1) is 8.46. The van der Waals surface area contributed by atoms with Gasteiger partial charge in [0.25, 0.3) is 0 Å².